The summed E-state index contributed by atoms with van der Waals surface area (Å²) in [6, 6.07) is 3.88. The van der Waals surface area contributed by atoms with Gasteiger partial charge in [-0.05, 0) is 24.1 Å². The molecule has 0 unspecified atom stereocenters. The van der Waals surface area contributed by atoms with E-state index in [0.717, 1.165) is 27.7 Å². The fourth-order valence-corrected chi connectivity index (χ4v) is 3.57. The number of nitrogens with zero attached hydrogens (tertiary/aromatic N) is 1. The van der Waals surface area contributed by atoms with Gasteiger partial charge < -0.3 is 10.3 Å². The van der Waals surface area contributed by atoms with Gasteiger partial charge in [-0.3, -0.25) is 4.79 Å². The molecule has 3 rings (SSSR count). The standard InChI is InChI=1S/C16H15Cl2N3O/c1-7-6-20-16(22)8(2)11-12-9(3-4-19)5-10(17)13(18)15(12)21-14(7)11/h5,7-8,21H,3,6H2,1-2H3,(H,20,22)/t7-,8-/m0/s1. The summed E-state index contributed by atoms with van der Waals surface area (Å²) in [4.78, 5) is 15.6. The Morgan fingerprint density at radius 2 is 2.14 bits per heavy atom. The predicted molar refractivity (Wildman–Crippen MR) is 87.5 cm³/mol. The minimum atomic E-state index is -0.302. The maximum Gasteiger partial charge on any atom is 0.227 e. The van der Waals surface area contributed by atoms with Crippen LogP contribution in [0.5, 0.6) is 0 Å². The molecule has 0 bridgehead atoms. The lowest BCUT2D eigenvalue weighted by Crippen LogP contribution is -2.27. The van der Waals surface area contributed by atoms with Gasteiger partial charge in [0.1, 0.15) is 0 Å². The van der Waals surface area contributed by atoms with Crippen LogP contribution in [-0.4, -0.2) is 17.4 Å². The normalized spacial score (nSPS) is 21.1. The van der Waals surface area contributed by atoms with Crippen LogP contribution in [0.1, 0.15) is 42.5 Å². The van der Waals surface area contributed by atoms with Gasteiger partial charge in [0.05, 0.1) is 34.0 Å². The molecule has 22 heavy (non-hydrogen) atoms. The number of aromatic amines is 1. The van der Waals surface area contributed by atoms with Gasteiger partial charge in [0.25, 0.3) is 0 Å². The number of aromatic nitrogens is 1. The second kappa shape index (κ2) is 5.49. The van der Waals surface area contributed by atoms with Crippen LogP contribution in [-0.2, 0) is 11.2 Å². The Hall–Kier alpha value is -1.70. The molecule has 2 heterocycles. The molecule has 0 aliphatic carbocycles. The van der Waals surface area contributed by atoms with E-state index in [0.29, 0.717) is 16.6 Å². The Kier molecular flexibility index (Phi) is 3.80. The minimum absolute atomic E-state index is 0.0134. The molecule has 0 spiro atoms. The van der Waals surface area contributed by atoms with Crippen LogP contribution in [0.25, 0.3) is 10.9 Å². The third kappa shape index (κ3) is 2.16. The molecule has 6 heteroatoms. The number of H-pyrrole nitrogens is 1. The quantitative estimate of drug-likeness (QED) is 0.830. The number of carbonyl (C=O) groups is 1. The number of carbonyl (C=O) groups excluding carboxylic acids is 1. The van der Waals surface area contributed by atoms with E-state index in [9.17, 15) is 4.79 Å². The molecule has 1 aliphatic rings. The van der Waals surface area contributed by atoms with Gasteiger partial charge in [-0.15, -0.1) is 0 Å². The molecule has 0 saturated carbocycles. The van der Waals surface area contributed by atoms with Crippen molar-refractivity contribution in [3.8, 4) is 6.07 Å². The maximum atomic E-state index is 12.2. The number of rotatable bonds is 1. The Balaban J connectivity index is 2.43. The van der Waals surface area contributed by atoms with Crippen molar-refractivity contribution in [3.63, 3.8) is 0 Å². The van der Waals surface area contributed by atoms with Crippen molar-refractivity contribution in [1.29, 1.82) is 5.26 Å². The zero-order valence-electron chi connectivity index (χ0n) is 12.3. The van der Waals surface area contributed by atoms with E-state index in [-0.39, 0.29) is 24.2 Å². The minimum Gasteiger partial charge on any atom is -0.357 e. The van der Waals surface area contributed by atoms with Gasteiger partial charge in [-0.1, -0.05) is 30.1 Å². The van der Waals surface area contributed by atoms with Gasteiger partial charge in [0.15, 0.2) is 0 Å². The number of hydrogen-bond donors (Lipinski definition) is 2. The Bertz CT molecular complexity index is 819. The molecule has 2 atom stereocenters. The smallest absolute Gasteiger partial charge is 0.227 e. The number of nitrogens with one attached hydrogen (secondary N) is 2. The SMILES string of the molecule is C[C@@H]1C(=O)NC[C@H](C)c2[nH]c3c(Cl)c(Cl)cc(CC#N)c3c21. The lowest BCUT2D eigenvalue weighted by Gasteiger charge is -2.11. The van der Waals surface area contributed by atoms with Crippen molar-refractivity contribution in [2.45, 2.75) is 32.1 Å². The fraction of sp³-hybridized carbons (Fsp3) is 0.375. The lowest BCUT2D eigenvalue weighted by atomic mass is 9.91. The van der Waals surface area contributed by atoms with E-state index >= 15 is 0 Å². The molecule has 114 valence electrons. The average molecular weight is 336 g/mol. The number of fused-ring (bicyclic) bond motifs is 3. The number of halogens is 2. The highest BCUT2D eigenvalue weighted by atomic mass is 35.5. The molecule has 1 aromatic carbocycles. The number of benzene rings is 1. The molecule has 0 saturated heterocycles. The first-order valence-electron chi connectivity index (χ1n) is 7.12. The largest absolute Gasteiger partial charge is 0.357 e. The van der Waals surface area contributed by atoms with Crippen molar-refractivity contribution in [2.24, 2.45) is 0 Å². The van der Waals surface area contributed by atoms with Crippen molar-refractivity contribution in [3.05, 3.63) is 32.9 Å². The topological polar surface area (TPSA) is 68.7 Å². The molecule has 1 aromatic heterocycles. The zero-order valence-corrected chi connectivity index (χ0v) is 13.8. The third-order valence-corrected chi connectivity index (χ3v) is 5.08. The first-order valence-corrected chi connectivity index (χ1v) is 7.88. The van der Waals surface area contributed by atoms with E-state index < -0.39 is 0 Å². The molecule has 1 aliphatic heterocycles. The molecule has 1 amide bonds. The third-order valence-electron chi connectivity index (χ3n) is 4.29. The predicted octanol–water partition coefficient (Wildman–Crippen LogP) is 3.88. The van der Waals surface area contributed by atoms with Crippen LogP contribution in [0.2, 0.25) is 10.0 Å². The summed E-state index contributed by atoms with van der Waals surface area (Å²) >= 11 is 12.5. The van der Waals surface area contributed by atoms with Crippen LogP contribution in [0.4, 0.5) is 0 Å². The van der Waals surface area contributed by atoms with Crippen LogP contribution in [0.3, 0.4) is 0 Å². The molecule has 2 N–H and O–H groups in total. The molecular weight excluding hydrogens is 321 g/mol. The molecular formula is C16H15Cl2N3O. The van der Waals surface area contributed by atoms with E-state index in [2.05, 4.69) is 16.4 Å². The van der Waals surface area contributed by atoms with E-state index in [1.54, 1.807) is 6.07 Å². The van der Waals surface area contributed by atoms with Gasteiger partial charge in [-0.25, -0.2) is 0 Å². The number of amides is 1. The van der Waals surface area contributed by atoms with E-state index in [1.165, 1.54) is 0 Å². The molecule has 2 aromatic rings. The summed E-state index contributed by atoms with van der Waals surface area (Å²) in [6.45, 7) is 4.49. The first kappa shape index (κ1) is 15.2. The van der Waals surface area contributed by atoms with Crippen molar-refractivity contribution in [1.82, 2.24) is 10.3 Å². The van der Waals surface area contributed by atoms with Gasteiger partial charge in [0.2, 0.25) is 5.91 Å². The van der Waals surface area contributed by atoms with Crippen molar-refractivity contribution in [2.75, 3.05) is 6.54 Å². The van der Waals surface area contributed by atoms with Crippen LogP contribution >= 0.6 is 23.2 Å². The summed E-state index contributed by atoms with van der Waals surface area (Å²) in [6.07, 6.45) is 0.223. The fourth-order valence-electron chi connectivity index (χ4n) is 3.14. The Labute approximate surface area is 138 Å². The zero-order chi connectivity index (χ0) is 16.0. The van der Waals surface area contributed by atoms with Crippen LogP contribution in [0, 0.1) is 11.3 Å². The highest BCUT2D eigenvalue weighted by Gasteiger charge is 2.31. The highest BCUT2D eigenvalue weighted by Crippen LogP contribution is 2.42. The summed E-state index contributed by atoms with van der Waals surface area (Å²) in [5, 5.41) is 13.7. The monoisotopic (exact) mass is 335 g/mol. The summed E-state index contributed by atoms with van der Waals surface area (Å²) in [5.41, 5.74) is 3.45. The highest BCUT2D eigenvalue weighted by molar-refractivity contribution is 6.45. The van der Waals surface area contributed by atoms with Crippen molar-refractivity contribution >= 4 is 40.0 Å². The van der Waals surface area contributed by atoms with Crippen LogP contribution in [0.15, 0.2) is 6.07 Å². The van der Waals surface area contributed by atoms with Gasteiger partial charge >= 0.3 is 0 Å². The summed E-state index contributed by atoms with van der Waals surface area (Å²) < 4.78 is 0. The molecule has 0 fully saturated rings. The summed E-state index contributed by atoms with van der Waals surface area (Å²) in [5.74, 6) is -0.176. The second-order valence-corrected chi connectivity index (χ2v) is 6.52. The second-order valence-electron chi connectivity index (χ2n) is 5.74. The average Bonchev–Trinajstić information content (AvgIpc) is 2.85. The van der Waals surface area contributed by atoms with E-state index in [1.807, 2.05) is 13.8 Å². The van der Waals surface area contributed by atoms with E-state index in [4.69, 9.17) is 28.5 Å². The molecule has 4 nitrogen and oxygen atoms in total. The Morgan fingerprint density at radius 1 is 1.41 bits per heavy atom. The lowest BCUT2D eigenvalue weighted by molar-refractivity contribution is -0.122. The number of hydrogen-bond acceptors (Lipinski definition) is 2. The first-order chi connectivity index (χ1) is 10.5. The van der Waals surface area contributed by atoms with Gasteiger partial charge in [0, 0.05) is 23.5 Å². The molecule has 0 radical (unpaired) electrons. The number of nitriles is 1. The van der Waals surface area contributed by atoms with Crippen molar-refractivity contribution < 1.29 is 4.79 Å². The Morgan fingerprint density at radius 3 is 2.82 bits per heavy atom. The summed E-state index contributed by atoms with van der Waals surface area (Å²) in [7, 11) is 0. The van der Waals surface area contributed by atoms with Gasteiger partial charge in [-0.2, -0.15) is 5.26 Å². The maximum absolute atomic E-state index is 12.2. The van der Waals surface area contributed by atoms with Crippen LogP contribution < -0.4 is 5.32 Å².